The summed E-state index contributed by atoms with van der Waals surface area (Å²) in [6, 6.07) is 38.3. The van der Waals surface area contributed by atoms with Crippen LogP contribution in [0.3, 0.4) is 0 Å². The van der Waals surface area contributed by atoms with Crippen molar-refractivity contribution in [1.82, 2.24) is 0 Å². The molecule has 0 fully saturated rings. The van der Waals surface area contributed by atoms with Crippen LogP contribution in [-0.2, 0) is 0 Å². The Hall–Kier alpha value is -2.89. The van der Waals surface area contributed by atoms with Gasteiger partial charge in [0.2, 0.25) is 0 Å². The minimum absolute atomic E-state index is 0.905. The van der Waals surface area contributed by atoms with E-state index in [1.54, 1.807) is 0 Å². The molecule has 0 aliphatic heterocycles. The van der Waals surface area contributed by atoms with Gasteiger partial charge in [-0.2, -0.15) is 0 Å². The van der Waals surface area contributed by atoms with Gasteiger partial charge < -0.3 is 4.74 Å². The molecule has 0 aliphatic rings. The molecule has 0 saturated heterocycles. The maximum Gasteiger partial charge on any atom is 0.170 e. The zero-order chi connectivity index (χ0) is 19.4. The fraction of sp³-hybridized carbons (Fsp3) is 0.0769. The Kier molecular flexibility index (Phi) is 5.28. The predicted octanol–water partition coefficient (Wildman–Crippen LogP) is 5.71. The summed E-state index contributed by atoms with van der Waals surface area (Å²) in [5, 5.41) is 3.96. The van der Waals surface area contributed by atoms with E-state index < -0.39 is 7.26 Å². The van der Waals surface area contributed by atoms with Crippen molar-refractivity contribution in [2.75, 3.05) is 6.66 Å². The highest BCUT2D eigenvalue weighted by Crippen LogP contribution is 2.53. The molecule has 0 N–H and O–H groups in total. The van der Waals surface area contributed by atoms with Crippen molar-refractivity contribution < 1.29 is 4.74 Å². The topological polar surface area (TPSA) is 9.23 Å². The van der Waals surface area contributed by atoms with Gasteiger partial charge in [0.05, 0.1) is 6.66 Å². The second-order valence-corrected chi connectivity index (χ2v) is 10.5. The van der Waals surface area contributed by atoms with E-state index in [9.17, 15) is 0 Å². The first-order valence-electron chi connectivity index (χ1n) is 9.50. The van der Waals surface area contributed by atoms with Crippen molar-refractivity contribution in [3.63, 3.8) is 0 Å². The number of para-hydroxylation sites is 2. The average molecular weight is 383 g/mol. The Bertz CT molecular complexity index is 1020. The Labute approximate surface area is 168 Å². The summed E-state index contributed by atoms with van der Waals surface area (Å²) >= 11 is 0. The van der Waals surface area contributed by atoms with Crippen LogP contribution in [0.1, 0.15) is 5.56 Å². The first-order valence-corrected chi connectivity index (χ1v) is 11.7. The predicted molar refractivity (Wildman–Crippen MR) is 122 cm³/mol. The van der Waals surface area contributed by atoms with E-state index in [1.165, 1.54) is 15.9 Å². The third-order valence-electron chi connectivity index (χ3n) is 5.21. The second kappa shape index (κ2) is 8.00. The van der Waals surface area contributed by atoms with Gasteiger partial charge in [-0.05, 0) is 55.0 Å². The minimum Gasteiger partial charge on any atom is -0.453 e. The zero-order valence-electron chi connectivity index (χ0n) is 16.2. The van der Waals surface area contributed by atoms with Gasteiger partial charge in [0.25, 0.3) is 0 Å². The van der Waals surface area contributed by atoms with Crippen molar-refractivity contribution >= 4 is 23.2 Å². The lowest BCUT2D eigenvalue weighted by atomic mass is 10.2. The van der Waals surface area contributed by atoms with Gasteiger partial charge in [0.15, 0.2) is 5.75 Å². The summed E-state index contributed by atoms with van der Waals surface area (Å²) in [5.41, 5.74) is 1.14. The van der Waals surface area contributed by atoms with Gasteiger partial charge in [-0.15, -0.1) is 0 Å². The molecule has 28 heavy (non-hydrogen) atoms. The van der Waals surface area contributed by atoms with Crippen molar-refractivity contribution in [3.8, 4) is 11.5 Å². The van der Waals surface area contributed by atoms with E-state index in [2.05, 4.69) is 105 Å². The van der Waals surface area contributed by atoms with Gasteiger partial charge in [-0.1, -0.05) is 66.7 Å². The number of aryl methyl sites for hydroxylation is 1. The number of rotatable bonds is 5. The largest absolute Gasteiger partial charge is 0.453 e. The first-order chi connectivity index (χ1) is 13.7. The SMILES string of the molecule is Cc1ccccc1Oc1ccccc1[P+](C)(c1ccccc1)c1ccccc1. The Balaban J connectivity index is 1.90. The lowest BCUT2D eigenvalue weighted by molar-refractivity contribution is 0.483. The standard InChI is InChI=1S/C26H24OP/c1-21-13-9-10-18-24(21)27-25-19-11-12-20-26(25)28(2,22-14-5-3-6-15-22)23-16-7-4-8-17-23/h3-20H,1-2H3/q+1. The number of ether oxygens (including phenoxy) is 1. The molecule has 1 nitrogen and oxygen atoms in total. The lowest BCUT2D eigenvalue weighted by Gasteiger charge is -2.25. The smallest absolute Gasteiger partial charge is 0.170 e. The van der Waals surface area contributed by atoms with Crippen LogP contribution in [0.4, 0.5) is 0 Å². The Morgan fingerprint density at radius 2 is 1.00 bits per heavy atom. The van der Waals surface area contributed by atoms with E-state index in [-0.39, 0.29) is 0 Å². The van der Waals surface area contributed by atoms with E-state index in [0.29, 0.717) is 0 Å². The highest BCUT2D eigenvalue weighted by molar-refractivity contribution is 7.95. The average Bonchev–Trinajstić information content (AvgIpc) is 2.76. The third-order valence-corrected chi connectivity index (χ3v) is 9.20. The first kappa shape index (κ1) is 18.5. The molecular weight excluding hydrogens is 359 g/mol. The zero-order valence-corrected chi connectivity index (χ0v) is 17.1. The summed E-state index contributed by atoms with van der Waals surface area (Å²) in [4.78, 5) is 0. The molecule has 138 valence electrons. The molecule has 0 atom stereocenters. The van der Waals surface area contributed by atoms with Gasteiger partial charge in [-0.3, -0.25) is 0 Å². The summed E-state index contributed by atoms with van der Waals surface area (Å²) in [7, 11) is -1.84. The van der Waals surface area contributed by atoms with Crippen molar-refractivity contribution in [2.45, 2.75) is 6.92 Å². The van der Waals surface area contributed by atoms with Crippen LogP contribution in [0.25, 0.3) is 0 Å². The molecular formula is C26H24OP+. The van der Waals surface area contributed by atoms with Crippen LogP contribution in [0.15, 0.2) is 109 Å². The molecule has 0 unspecified atom stereocenters. The molecule has 0 saturated carbocycles. The summed E-state index contributed by atoms with van der Waals surface area (Å²) < 4.78 is 6.46. The van der Waals surface area contributed by atoms with Crippen molar-refractivity contribution in [2.24, 2.45) is 0 Å². The molecule has 4 aromatic carbocycles. The molecule has 0 aliphatic carbocycles. The molecule has 0 spiro atoms. The molecule has 4 rings (SSSR count). The number of hydrogen-bond acceptors (Lipinski definition) is 1. The minimum atomic E-state index is -1.84. The van der Waals surface area contributed by atoms with Crippen LogP contribution >= 0.6 is 7.26 Å². The van der Waals surface area contributed by atoms with E-state index >= 15 is 0 Å². The molecule has 0 heterocycles. The monoisotopic (exact) mass is 383 g/mol. The van der Waals surface area contributed by atoms with Gasteiger partial charge >= 0.3 is 0 Å². The number of hydrogen-bond donors (Lipinski definition) is 0. The quantitative estimate of drug-likeness (QED) is 0.401. The number of benzene rings is 4. The molecule has 0 amide bonds. The normalized spacial score (nSPS) is 11.2. The summed E-state index contributed by atoms with van der Waals surface area (Å²) in [6.45, 7) is 4.47. The van der Waals surface area contributed by atoms with Crippen LogP contribution in [0.2, 0.25) is 0 Å². The summed E-state index contributed by atoms with van der Waals surface area (Å²) in [6.07, 6.45) is 0. The van der Waals surface area contributed by atoms with Crippen LogP contribution in [0, 0.1) is 6.92 Å². The highest BCUT2D eigenvalue weighted by Gasteiger charge is 2.42. The second-order valence-electron chi connectivity index (χ2n) is 7.01. The van der Waals surface area contributed by atoms with Gasteiger partial charge in [-0.25, -0.2) is 0 Å². The van der Waals surface area contributed by atoms with Gasteiger partial charge in [0, 0.05) is 0 Å². The third kappa shape index (κ3) is 3.46. The lowest BCUT2D eigenvalue weighted by Crippen LogP contribution is -2.31. The molecule has 0 radical (unpaired) electrons. The fourth-order valence-electron chi connectivity index (χ4n) is 3.58. The van der Waals surface area contributed by atoms with Crippen LogP contribution < -0.4 is 20.7 Å². The van der Waals surface area contributed by atoms with Crippen LogP contribution in [0.5, 0.6) is 11.5 Å². The molecule has 2 heteroatoms. The van der Waals surface area contributed by atoms with Crippen LogP contribution in [-0.4, -0.2) is 6.66 Å². The van der Waals surface area contributed by atoms with E-state index in [4.69, 9.17) is 4.74 Å². The Morgan fingerprint density at radius 3 is 1.57 bits per heavy atom. The van der Waals surface area contributed by atoms with E-state index in [1.807, 2.05) is 18.2 Å². The molecule has 4 aromatic rings. The maximum atomic E-state index is 6.46. The molecule has 0 bridgehead atoms. The van der Waals surface area contributed by atoms with Crippen molar-refractivity contribution in [1.29, 1.82) is 0 Å². The molecule has 0 aromatic heterocycles. The maximum absolute atomic E-state index is 6.46. The Morgan fingerprint density at radius 1 is 0.536 bits per heavy atom. The van der Waals surface area contributed by atoms with Gasteiger partial charge in [0.1, 0.15) is 28.9 Å². The van der Waals surface area contributed by atoms with Crippen molar-refractivity contribution in [3.05, 3.63) is 115 Å². The highest BCUT2D eigenvalue weighted by atomic mass is 31.2. The van der Waals surface area contributed by atoms with E-state index in [0.717, 1.165) is 17.1 Å². The summed E-state index contributed by atoms with van der Waals surface area (Å²) in [5.74, 6) is 1.84. The fourth-order valence-corrected chi connectivity index (χ4v) is 6.92.